The van der Waals surface area contributed by atoms with Crippen molar-refractivity contribution in [3.05, 3.63) is 54.6 Å². The van der Waals surface area contributed by atoms with Crippen molar-refractivity contribution < 1.29 is 5.21 Å². The van der Waals surface area contributed by atoms with Gasteiger partial charge >= 0.3 is 0 Å². The summed E-state index contributed by atoms with van der Waals surface area (Å²) >= 11 is 0. The quantitative estimate of drug-likeness (QED) is 0.665. The van der Waals surface area contributed by atoms with Crippen LogP contribution < -0.4 is 5.32 Å². The van der Waals surface area contributed by atoms with Crippen LogP contribution >= 0.6 is 24.8 Å². The number of rotatable bonds is 3. The molecule has 0 atom stereocenters. The number of hydrogen-bond donors (Lipinski definition) is 2. The van der Waals surface area contributed by atoms with Gasteiger partial charge in [-0.3, -0.25) is 9.97 Å². The lowest BCUT2D eigenvalue weighted by atomic mass is 9.88. The predicted octanol–water partition coefficient (Wildman–Crippen LogP) is 3.56. The number of halogens is 2. The smallest absolute Gasteiger partial charge is 0.113 e. The van der Waals surface area contributed by atoms with E-state index < -0.39 is 0 Å². The number of benzene rings is 1. The van der Waals surface area contributed by atoms with Crippen LogP contribution in [0.1, 0.15) is 24.3 Å². The van der Waals surface area contributed by atoms with E-state index in [1.54, 1.807) is 24.8 Å². The molecule has 2 N–H and O–H groups in total. The fourth-order valence-corrected chi connectivity index (χ4v) is 3.34. The Kier molecular flexibility index (Phi) is 6.97. The van der Waals surface area contributed by atoms with Gasteiger partial charge < -0.3 is 10.5 Å². The highest BCUT2D eigenvalue weighted by Crippen LogP contribution is 2.34. The van der Waals surface area contributed by atoms with Crippen molar-refractivity contribution >= 4 is 24.8 Å². The molecule has 0 aliphatic carbocycles. The monoisotopic (exact) mass is 393 g/mol. The Morgan fingerprint density at radius 1 is 1.04 bits per heavy atom. The number of aromatic nitrogens is 4. The molecule has 6 nitrogen and oxygen atoms in total. The zero-order valence-electron chi connectivity index (χ0n) is 14.1. The molecule has 1 saturated heterocycles. The normalized spacial score (nSPS) is 14.3. The summed E-state index contributed by atoms with van der Waals surface area (Å²) < 4.78 is 0. The summed E-state index contributed by atoms with van der Waals surface area (Å²) in [5.41, 5.74) is 4.60. The first-order chi connectivity index (χ1) is 11.8. The Balaban J connectivity index is 0.00000121. The first kappa shape index (κ1) is 20.2. The van der Waals surface area contributed by atoms with Crippen molar-refractivity contribution in [2.45, 2.75) is 18.8 Å². The zero-order valence-corrected chi connectivity index (χ0v) is 15.7. The van der Waals surface area contributed by atoms with E-state index in [0.717, 1.165) is 58.9 Å². The van der Waals surface area contributed by atoms with Gasteiger partial charge in [-0.25, -0.2) is 0 Å². The minimum atomic E-state index is 0. The molecule has 0 amide bonds. The topological polar surface area (TPSA) is 75.9 Å². The predicted molar refractivity (Wildman–Crippen MR) is 105 cm³/mol. The summed E-state index contributed by atoms with van der Waals surface area (Å²) in [4.78, 5) is 9.47. The largest absolute Gasteiger partial charge is 0.411 e. The van der Waals surface area contributed by atoms with E-state index in [4.69, 9.17) is 0 Å². The Morgan fingerprint density at radius 2 is 1.81 bits per heavy atom. The van der Waals surface area contributed by atoms with Crippen LogP contribution in [0.3, 0.4) is 0 Å². The van der Waals surface area contributed by atoms with Gasteiger partial charge in [-0.1, -0.05) is 18.2 Å². The number of piperidine rings is 1. The van der Waals surface area contributed by atoms with Crippen molar-refractivity contribution in [2.75, 3.05) is 13.1 Å². The second kappa shape index (κ2) is 8.98. The number of hydrogen-bond acceptors (Lipinski definition) is 5. The van der Waals surface area contributed by atoms with Crippen LogP contribution in [0.15, 0.2) is 49.1 Å². The highest BCUT2D eigenvalue weighted by molar-refractivity contribution is 5.85. The molecule has 0 saturated carbocycles. The third-order valence-electron chi connectivity index (χ3n) is 4.55. The van der Waals surface area contributed by atoms with Crippen LogP contribution in [0.4, 0.5) is 0 Å². The van der Waals surface area contributed by atoms with Gasteiger partial charge in [-0.2, -0.15) is 0 Å². The van der Waals surface area contributed by atoms with E-state index in [-0.39, 0.29) is 24.8 Å². The summed E-state index contributed by atoms with van der Waals surface area (Å²) in [6.07, 6.45) is 8.98. The maximum Gasteiger partial charge on any atom is 0.113 e. The Labute approximate surface area is 164 Å². The Morgan fingerprint density at radius 3 is 2.54 bits per heavy atom. The molecule has 3 aromatic rings. The lowest BCUT2D eigenvalue weighted by Crippen LogP contribution is -2.26. The average Bonchev–Trinajstić information content (AvgIpc) is 3.05. The van der Waals surface area contributed by atoms with Gasteiger partial charge in [0, 0.05) is 29.1 Å². The maximum absolute atomic E-state index is 10.2. The fourth-order valence-electron chi connectivity index (χ4n) is 3.34. The van der Waals surface area contributed by atoms with Crippen molar-refractivity contribution in [1.82, 2.24) is 25.2 Å². The molecule has 138 valence electrons. The Bertz CT molecular complexity index is 835. The van der Waals surface area contributed by atoms with Crippen molar-refractivity contribution in [3.8, 4) is 22.5 Å². The summed E-state index contributed by atoms with van der Waals surface area (Å²) in [5, 5.41) is 17.7. The molecule has 4 rings (SSSR count). The van der Waals surface area contributed by atoms with Crippen LogP contribution in [0, 0.1) is 0 Å². The van der Waals surface area contributed by atoms with E-state index in [1.165, 1.54) is 0 Å². The van der Waals surface area contributed by atoms with E-state index in [9.17, 15) is 5.21 Å². The SMILES string of the molecule is Cl.Cl.On1ncc(C2CCNCC2)c1-c1cccc(-c2cnccn2)c1. The molecule has 0 bridgehead atoms. The van der Waals surface area contributed by atoms with Gasteiger partial charge in [0.05, 0.1) is 18.1 Å². The lowest BCUT2D eigenvalue weighted by molar-refractivity contribution is 0.153. The van der Waals surface area contributed by atoms with Gasteiger partial charge in [-0.05, 0) is 37.9 Å². The minimum absolute atomic E-state index is 0. The molecule has 1 aliphatic rings. The highest BCUT2D eigenvalue weighted by atomic mass is 35.5. The van der Waals surface area contributed by atoms with E-state index in [0.29, 0.717) is 5.92 Å². The van der Waals surface area contributed by atoms with Crippen LogP contribution in [0.25, 0.3) is 22.5 Å². The van der Waals surface area contributed by atoms with Gasteiger partial charge in [0.25, 0.3) is 0 Å². The van der Waals surface area contributed by atoms with Crippen molar-refractivity contribution in [3.63, 3.8) is 0 Å². The van der Waals surface area contributed by atoms with Crippen molar-refractivity contribution in [2.24, 2.45) is 0 Å². The summed E-state index contributed by atoms with van der Waals surface area (Å²) in [6.45, 7) is 2.00. The third kappa shape index (κ3) is 3.98. The van der Waals surface area contributed by atoms with Gasteiger partial charge in [0.15, 0.2) is 0 Å². The lowest BCUT2D eigenvalue weighted by Gasteiger charge is -2.22. The molecule has 8 heteroatoms. The number of nitrogens with one attached hydrogen (secondary N) is 1. The van der Waals surface area contributed by atoms with Crippen molar-refractivity contribution in [1.29, 1.82) is 0 Å². The molecular formula is C18H21Cl2N5O. The second-order valence-electron chi connectivity index (χ2n) is 6.03. The third-order valence-corrected chi connectivity index (χ3v) is 4.55. The van der Waals surface area contributed by atoms with Gasteiger partial charge in [-0.15, -0.1) is 34.8 Å². The van der Waals surface area contributed by atoms with E-state index >= 15 is 0 Å². The molecule has 3 heterocycles. The molecule has 1 fully saturated rings. The van der Waals surface area contributed by atoms with E-state index in [1.807, 2.05) is 24.3 Å². The number of nitrogens with zero attached hydrogens (tertiary/aromatic N) is 4. The molecular weight excluding hydrogens is 373 g/mol. The Hall–Kier alpha value is -2.15. The van der Waals surface area contributed by atoms with Crippen LogP contribution in [0.2, 0.25) is 0 Å². The molecule has 1 aliphatic heterocycles. The van der Waals surface area contributed by atoms with Crippen LogP contribution in [-0.2, 0) is 0 Å². The average molecular weight is 394 g/mol. The van der Waals surface area contributed by atoms with Gasteiger partial charge in [0.2, 0.25) is 0 Å². The minimum Gasteiger partial charge on any atom is -0.411 e. The second-order valence-corrected chi connectivity index (χ2v) is 6.03. The summed E-state index contributed by atoms with van der Waals surface area (Å²) in [6, 6.07) is 7.99. The molecule has 1 aromatic carbocycles. The highest BCUT2D eigenvalue weighted by Gasteiger charge is 2.23. The van der Waals surface area contributed by atoms with Gasteiger partial charge in [0.1, 0.15) is 5.69 Å². The molecule has 0 spiro atoms. The standard InChI is InChI=1S/C18H19N5O.2ClH/c24-23-18(16(11-22-23)13-4-6-19-7-5-13)15-3-1-2-14(10-15)17-12-20-8-9-21-17;;/h1-3,8-13,19,24H,4-7H2;2*1H. The molecule has 0 radical (unpaired) electrons. The molecule has 0 unspecified atom stereocenters. The summed E-state index contributed by atoms with van der Waals surface area (Å²) in [7, 11) is 0. The molecule has 2 aromatic heterocycles. The first-order valence-corrected chi connectivity index (χ1v) is 8.17. The van der Waals surface area contributed by atoms with Crippen LogP contribution in [-0.4, -0.2) is 38.2 Å². The fraction of sp³-hybridized carbons (Fsp3) is 0.278. The maximum atomic E-state index is 10.2. The summed E-state index contributed by atoms with van der Waals surface area (Å²) in [5.74, 6) is 0.419. The molecule has 26 heavy (non-hydrogen) atoms. The van der Waals surface area contributed by atoms with Crippen LogP contribution in [0.5, 0.6) is 0 Å². The van der Waals surface area contributed by atoms with E-state index in [2.05, 4.69) is 20.4 Å². The first-order valence-electron chi connectivity index (χ1n) is 8.17. The zero-order chi connectivity index (χ0) is 16.4.